The van der Waals surface area contributed by atoms with Crippen molar-refractivity contribution < 1.29 is 14.0 Å². The SMILES string of the molecule is CN(C)c1ccc(CNC(=O)CSc2nnc(CCC(N)=O)n2Cc2ccco2)cc1. The predicted octanol–water partition coefficient (Wildman–Crippen LogP) is 1.81. The number of benzene rings is 1. The first-order chi connectivity index (χ1) is 14.9. The lowest BCUT2D eigenvalue weighted by molar-refractivity contribution is -0.119. The van der Waals surface area contributed by atoms with Crippen LogP contribution in [-0.4, -0.2) is 46.4 Å². The van der Waals surface area contributed by atoms with Gasteiger partial charge in [-0.3, -0.25) is 14.2 Å². The van der Waals surface area contributed by atoms with Crippen molar-refractivity contribution in [2.24, 2.45) is 5.73 Å². The molecule has 164 valence electrons. The first-order valence-corrected chi connectivity index (χ1v) is 10.8. The summed E-state index contributed by atoms with van der Waals surface area (Å²) in [5.41, 5.74) is 7.39. The molecular weight excluding hydrogens is 416 g/mol. The standard InChI is InChI=1S/C21H26N6O3S/c1-26(2)16-7-5-15(6-8-16)12-23-20(29)14-31-21-25-24-19(10-9-18(22)28)27(21)13-17-4-3-11-30-17/h3-8,11H,9-10,12-14H2,1-2H3,(H2,22,28)(H,23,29). The van der Waals surface area contributed by atoms with Crippen LogP contribution in [-0.2, 0) is 29.1 Å². The molecule has 0 aliphatic rings. The third-order valence-electron chi connectivity index (χ3n) is 4.56. The first-order valence-electron chi connectivity index (χ1n) is 9.81. The Morgan fingerprint density at radius 2 is 1.97 bits per heavy atom. The molecule has 0 bridgehead atoms. The zero-order valence-corrected chi connectivity index (χ0v) is 18.4. The molecular formula is C21H26N6O3S. The van der Waals surface area contributed by atoms with Crippen molar-refractivity contribution in [3.05, 3.63) is 59.8 Å². The van der Waals surface area contributed by atoms with Crippen LogP contribution in [0.1, 0.15) is 23.6 Å². The molecule has 3 N–H and O–H groups in total. The number of amides is 2. The summed E-state index contributed by atoms with van der Waals surface area (Å²) in [6.07, 6.45) is 2.14. The van der Waals surface area contributed by atoms with E-state index in [1.165, 1.54) is 11.8 Å². The van der Waals surface area contributed by atoms with Crippen molar-refractivity contribution >= 4 is 29.3 Å². The van der Waals surface area contributed by atoms with Crippen molar-refractivity contribution in [2.45, 2.75) is 31.1 Å². The molecule has 0 radical (unpaired) electrons. The summed E-state index contributed by atoms with van der Waals surface area (Å²) in [6, 6.07) is 11.7. The monoisotopic (exact) mass is 442 g/mol. The Bertz CT molecular complexity index is 999. The summed E-state index contributed by atoms with van der Waals surface area (Å²) >= 11 is 1.29. The van der Waals surface area contributed by atoms with Crippen LogP contribution in [0, 0.1) is 0 Å². The maximum Gasteiger partial charge on any atom is 0.230 e. The molecule has 0 atom stereocenters. The lowest BCUT2D eigenvalue weighted by Gasteiger charge is -2.13. The molecule has 10 heteroatoms. The minimum absolute atomic E-state index is 0.104. The molecule has 9 nitrogen and oxygen atoms in total. The van der Waals surface area contributed by atoms with E-state index in [-0.39, 0.29) is 18.1 Å². The van der Waals surface area contributed by atoms with Crippen LogP contribution in [0.15, 0.2) is 52.2 Å². The highest BCUT2D eigenvalue weighted by atomic mass is 32.2. The van der Waals surface area contributed by atoms with Gasteiger partial charge in [-0.2, -0.15) is 0 Å². The van der Waals surface area contributed by atoms with Gasteiger partial charge in [-0.15, -0.1) is 10.2 Å². The summed E-state index contributed by atoms with van der Waals surface area (Å²) in [7, 11) is 3.97. The lowest BCUT2D eigenvalue weighted by Crippen LogP contribution is -2.24. The maximum absolute atomic E-state index is 12.3. The van der Waals surface area contributed by atoms with Crippen molar-refractivity contribution in [2.75, 3.05) is 24.7 Å². The number of aryl methyl sites for hydroxylation is 1. The number of furan rings is 1. The van der Waals surface area contributed by atoms with E-state index in [2.05, 4.69) is 15.5 Å². The van der Waals surface area contributed by atoms with Gasteiger partial charge >= 0.3 is 0 Å². The van der Waals surface area contributed by atoms with Gasteiger partial charge in [0.1, 0.15) is 11.6 Å². The maximum atomic E-state index is 12.3. The van der Waals surface area contributed by atoms with Crippen molar-refractivity contribution in [1.82, 2.24) is 20.1 Å². The van der Waals surface area contributed by atoms with Gasteiger partial charge in [0.15, 0.2) is 5.16 Å². The summed E-state index contributed by atoms with van der Waals surface area (Å²) in [6.45, 7) is 0.867. The van der Waals surface area contributed by atoms with Crippen molar-refractivity contribution in [1.29, 1.82) is 0 Å². The Morgan fingerprint density at radius 1 is 1.19 bits per heavy atom. The number of hydrogen-bond acceptors (Lipinski definition) is 7. The topological polar surface area (TPSA) is 119 Å². The van der Waals surface area contributed by atoms with E-state index in [0.717, 1.165) is 17.0 Å². The van der Waals surface area contributed by atoms with Crippen molar-refractivity contribution in [3.63, 3.8) is 0 Å². The number of anilines is 1. The largest absolute Gasteiger partial charge is 0.467 e. The molecule has 0 saturated carbocycles. The quantitative estimate of drug-likeness (QED) is 0.435. The van der Waals surface area contributed by atoms with Gasteiger partial charge in [0, 0.05) is 39.2 Å². The molecule has 0 aliphatic heterocycles. The van der Waals surface area contributed by atoms with E-state index in [0.29, 0.717) is 30.5 Å². The first kappa shape index (κ1) is 22.4. The highest BCUT2D eigenvalue weighted by molar-refractivity contribution is 7.99. The number of nitrogens with zero attached hydrogens (tertiary/aromatic N) is 4. The Hall–Kier alpha value is -3.27. The fraction of sp³-hybridized carbons (Fsp3) is 0.333. The third-order valence-corrected chi connectivity index (χ3v) is 5.52. The van der Waals surface area contributed by atoms with Gasteiger partial charge < -0.3 is 20.4 Å². The Kier molecular flexibility index (Phi) is 7.71. The van der Waals surface area contributed by atoms with E-state index in [1.807, 2.05) is 53.9 Å². The van der Waals surface area contributed by atoms with E-state index in [1.54, 1.807) is 12.3 Å². The van der Waals surface area contributed by atoms with Crippen LogP contribution in [0.5, 0.6) is 0 Å². The van der Waals surface area contributed by atoms with Crippen LogP contribution in [0.4, 0.5) is 5.69 Å². The Labute approximate surface area is 185 Å². The summed E-state index contributed by atoms with van der Waals surface area (Å²) in [4.78, 5) is 25.5. The minimum atomic E-state index is -0.403. The van der Waals surface area contributed by atoms with Crippen LogP contribution in [0.25, 0.3) is 0 Å². The Balaban J connectivity index is 1.58. The smallest absolute Gasteiger partial charge is 0.230 e. The number of nitrogens with one attached hydrogen (secondary N) is 1. The van der Waals surface area contributed by atoms with Crippen molar-refractivity contribution in [3.8, 4) is 0 Å². The van der Waals surface area contributed by atoms with E-state index in [9.17, 15) is 9.59 Å². The van der Waals surface area contributed by atoms with Gasteiger partial charge in [-0.25, -0.2) is 0 Å². The molecule has 3 aromatic rings. The highest BCUT2D eigenvalue weighted by Crippen LogP contribution is 2.20. The number of aromatic nitrogens is 3. The fourth-order valence-electron chi connectivity index (χ4n) is 2.86. The predicted molar refractivity (Wildman–Crippen MR) is 119 cm³/mol. The lowest BCUT2D eigenvalue weighted by atomic mass is 10.2. The highest BCUT2D eigenvalue weighted by Gasteiger charge is 2.16. The summed E-state index contributed by atoms with van der Waals surface area (Å²) < 4.78 is 7.27. The number of nitrogens with two attached hydrogens (primary N) is 1. The third kappa shape index (κ3) is 6.61. The number of thioether (sulfide) groups is 1. The number of carbonyl (C=O) groups excluding carboxylic acids is 2. The number of rotatable bonds is 11. The van der Waals surface area contributed by atoms with Gasteiger partial charge in [0.2, 0.25) is 11.8 Å². The molecule has 0 saturated heterocycles. The summed E-state index contributed by atoms with van der Waals surface area (Å²) in [5, 5.41) is 11.9. The van der Waals surface area contributed by atoms with Crippen LogP contribution < -0.4 is 16.0 Å². The molecule has 0 unspecified atom stereocenters. The van der Waals surface area contributed by atoms with Gasteiger partial charge in [0.05, 0.1) is 18.6 Å². The molecule has 31 heavy (non-hydrogen) atoms. The van der Waals surface area contributed by atoms with E-state index in [4.69, 9.17) is 10.2 Å². The number of carbonyl (C=O) groups is 2. The van der Waals surface area contributed by atoms with Gasteiger partial charge in [-0.1, -0.05) is 23.9 Å². The molecule has 0 spiro atoms. The van der Waals surface area contributed by atoms with Crippen LogP contribution >= 0.6 is 11.8 Å². The molecule has 2 aromatic heterocycles. The molecule has 2 amide bonds. The number of hydrogen-bond donors (Lipinski definition) is 2. The molecule has 0 aliphatic carbocycles. The normalized spacial score (nSPS) is 10.8. The zero-order chi connectivity index (χ0) is 22.2. The Morgan fingerprint density at radius 3 is 2.61 bits per heavy atom. The average Bonchev–Trinajstić information content (AvgIpc) is 3.40. The zero-order valence-electron chi connectivity index (χ0n) is 17.6. The average molecular weight is 443 g/mol. The van der Waals surface area contributed by atoms with E-state index < -0.39 is 5.91 Å². The molecule has 3 rings (SSSR count). The minimum Gasteiger partial charge on any atom is -0.467 e. The molecule has 1 aromatic carbocycles. The number of primary amides is 1. The second-order valence-corrected chi connectivity index (χ2v) is 8.10. The fourth-order valence-corrected chi connectivity index (χ4v) is 3.64. The van der Waals surface area contributed by atoms with E-state index >= 15 is 0 Å². The second-order valence-electron chi connectivity index (χ2n) is 7.16. The molecule has 2 heterocycles. The van der Waals surface area contributed by atoms with Gasteiger partial charge in [0.25, 0.3) is 0 Å². The second kappa shape index (κ2) is 10.7. The van der Waals surface area contributed by atoms with Crippen LogP contribution in [0.3, 0.4) is 0 Å². The molecule has 0 fully saturated rings. The van der Waals surface area contributed by atoms with Crippen LogP contribution in [0.2, 0.25) is 0 Å². The summed E-state index contributed by atoms with van der Waals surface area (Å²) in [5.74, 6) is 1.04. The van der Waals surface area contributed by atoms with Gasteiger partial charge in [-0.05, 0) is 29.8 Å².